The van der Waals surface area contributed by atoms with Gasteiger partial charge in [-0.25, -0.2) is 4.98 Å². The molecule has 2 aromatic heterocycles. The fourth-order valence-corrected chi connectivity index (χ4v) is 3.04. The summed E-state index contributed by atoms with van der Waals surface area (Å²) in [6.07, 6.45) is 7.08. The van der Waals surface area contributed by atoms with E-state index < -0.39 is 5.91 Å². The first kappa shape index (κ1) is 13.9. The second-order valence-corrected chi connectivity index (χ2v) is 5.64. The first-order chi connectivity index (χ1) is 10.2. The molecule has 1 amide bonds. The molecule has 0 bridgehead atoms. The number of nitrogens with two attached hydrogens (primary N) is 1. The summed E-state index contributed by atoms with van der Waals surface area (Å²) in [5.41, 5.74) is 7.23. The summed E-state index contributed by atoms with van der Waals surface area (Å²) in [5, 5.41) is 14.2. The number of rotatable bonds is 4. The van der Waals surface area contributed by atoms with Gasteiger partial charge in [-0.05, 0) is 18.9 Å². The van der Waals surface area contributed by atoms with Crippen molar-refractivity contribution in [1.29, 1.82) is 0 Å². The van der Waals surface area contributed by atoms with Crippen LogP contribution in [0.2, 0.25) is 0 Å². The Hall–Kier alpha value is -2.08. The molecule has 0 unspecified atom stereocenters. The van der Waals surface area contributed by atoms with Gasteiger partial charge in [0.05, 0.1) is 17.4 Å². The number of carbonyl (C=O) groups is 1. The number of pyridine rings is 1. The lowest BCUT2D eigenvalue weighted by Gasteiger charge is -2.28. The van der Waals surface area contributed by atoms with Crippen molar-refractivity contribution in [1.82, 2.24) is 9.97 Å². The van der Waals surface area contributed by atoms with E-state index in [1.165, 1.54) is 6.20 Å². The number of aliphatic hydroxyl groups excluding tert-OH is 1. The van der Waals surface area contributed by atoms with Gasteiger partial charge in [-0.1, -0.05) is 12.8 Å². The lowest BCUT2D eigenvalue weighted by molar-refractivity contribution is 0.0763. The maximum atomic E-state index is 11.6. The molecular formula is C15H20N4O2. The molecule has 2 heterocycles. The number of H-pyrrole nitrogens is 1. The van der Waals surface area contributed by atoms with Crippen LogP contribution in [0.3, 0.4) is 0 Å². The van der Waals surface area contributed by atoms with E-state index in [-0.39, 0.29) is 12.0 Å². The number of aromatic amines is 1. The highest BCUT2D eigenvalue weighted by molar-refractivity contribution is 6.05. The normalized spacial score (nSPS) is 22.3. The summed E-state index contributed by atoms with van der Waals surface area (Å²) in [6.45, 7) is 0.631. The molecule has 6 heteroatoms. The number of carbonyl (C=O) groups excluding carboxylic acids is 1. The number of hydrogen-bond donors (Lipinski definition) is 4. The third-order valence-corrected chi connectivity index (χ3v) is 4.26. The third-order valence-electron chi connectivity index (χ3n) is 4.26. The number of aliphatic hydroxyl groups is 1. The molecule has 0 spiro atoms. The predicted molar refractivity (Wildman–Crippen MR) is 81.1 cm³/mol. The van der Waals surface area contributed by atoms with E-state index in [2.05, 4.69) is 15.3 Å². The zero-order chi connectivity index (χ0) is 14.8. The number of aromatic nitrogens is 2. The molecule has 1 saturated carbocycles. The number of primary amides is 1. The van der Waals surface area contributed by atoms with Crippen molar-refractivity contribution < 1.29 is 9.90 Å². The van der Waals surface area contributed by atoms with E-state index in [1.807, 2.05) is 6.07 Å². The van der Waals surface area contributed by atoms with Crippen molar-refractivity contribution in [2.45, 2.75) is 31.8 Å². The fraction of sp³-hybridized carbons (Fsp3) is 0.467. The highest BCUT2D eigenvalue weighted by atomic mass is 16.3. The van der Waals surface area contributed by atoms with Crippen LogP contribution in [0.1, 0.15) is 36.0 Å². The van der Waals surface area contributed by atoms with Crippen molar-refractivity contribution >= 4 is 22.6 Å². The molecule has 2 aromatic rings. The van der Waals surface area contributed by atoms with Gasteiger partial charge in [0.1, 0.15) is 5.65 Å². The van der Waals surface area contributed by atoms with Crippen LogP contribution in [0.25, 0.3) is 11.0 Å². The maximum absolute atomic E-state index is 11.6. The Bertz CT molecular complexity index is 652. The molecule has 2 atom stereocenters. The molecule has 112 valence electrons. The van der Waals surface area contributed by atoms with Gasteiger partial charge in [-0.3, -0.25) is 4.79 Å². The summed E-state index contributed by atoms with van der Waals surface area (Å²) >= 11 is 0. The number of anilines is 1. The minimum atomic E-state index is -0.503. The van der Waals surface area contributed by atoms with Crippen molar-refractivity contribution in [3.8, 4) is 0 Å². The Morgan fingerprint density at radius 2 is 2.29 bits per heavy atom. The molecule has 21 heavy (non-hydrogen) atoms. The number of amides is 1. The Kier molecular flexibility index (Phi) is 3.79. The molecule has 1 aliphatic carbocycles. The molecule has 5 N–H and O–H groups in total. The lowest BCUT2D eigenvalue weighted by atomic mass is 9.86. The minimum Gasteiger partial charge on any atom is -0.393 e. The van der Waals surface area contributed by atoms with E-state index in [4.69, 9.17) is 5.73 Å². The first-order valence-electron chi connectivity index (χ1n) is 7.34. The number of nitrogens with one attached hydrogen (secondary N) is 2. The van der Waals surface area contributed by atoms with Crippen LogP contribution in [0.4, 0.5) is 5.69 Å². The summed E-state index contributed by atoms with van der Waals surface area (Å²) in [4.78, 5) is 18.8. The van der Waals surface area contributed by atoms with Gasteiger partial charge in [0.2, 0.25) is 0 Å². The van der Waals surface area contributed by atoms with Gasteiger partial charge in [-0.2, -0.15) is 0 Å². The summed E-state index contributed by atoms with van der Waals surface area (Å²) in [6, 6.07) is 1.87. The van der Waals surface area contributed by atoms with Crippen molar-refractivity contribution in [2.75, 3.05) is 11.9 Å². The van der Waals surface area contributed by atoms with E-state index in [0.717, 1.165) is 31.1 Å². The zero-order valence-electron chi connectivity index (χ0n) is 11.8. The van der Waals surface area contributed by atoms with Crippen molar-refractivity contribution in [3.63, 3.8) is 0 Å². The predicted octanol–water partition coefficient (Wildman–Crippen LogP) is 1.62. The Morgan fingerprint density at radius 1 is 1.48 bits per heavy atom. The molecule has 0 aliphatic heterocycles. The van der Waals surface area contributed by atoms with E-state index in [9.17, 15) is 9.90 Å². The van der Waals surface area contributed by atoms with Gasteiger partial charge in [0.15, 0.2) is 0 Å². The Labute approximate surface area is 122 Å². The van der Waals surface area contributed by atoms with Crippen molar-refractivity contribution in [2.24, 2.45) is 11.7 Å². The van der Waals surface area contributed by atoms with Gasteiger partial charge in [0, 0.05) is 30.2 Å². The smallest absolute Gasteiger partial charge is 0.252 e. The number of hydrogen-bond acceptors (Lipinski definition) is 4. The van der Waals surface area contributed by atoms with E-state index in [0.29, 0.717) is 23.4 Å². The van der Waals surface area contributed by atoms with E-state index >= 15 is 0 Å². The zero-order valence-corrected chi connectivity index (χ0v) is 11.8. The monoisotopic (exact) mass is 288 g/mol. The minimum absolute atomic E-state index is 0.210. The van der Waals surface area contributed by atoms with Gasteiger partial charge in [-0.15, -0.1) is 0 Å². The van der Waals surface area contributed by atoms with Crippen LogP contribution in [-0.4, -0.2) is 33.6 Å². The first-order valence-corrected chi connectivity index (χ1v) is 7.34. The quantitative estimate of drug-likeness (QED) is 0.686. The van der Waals surface area contributed by atoms with Gasteiger partial charge >= 0.3 is 0 Å². The summed E-state index contributed by atoms with van der Waals surface area (Å²) in [7, 11) is 0. The average Bonchev–Trinajstić information content (AvgIpc) is 2.94. The average molecular weight is 288 g/mol. The molecule has 0 radical (unpaired) electrons. The van der Waals surface area contributed by atoms with Crippen LogP contribution in [0.5, 0.6) is 0 Å². The Morgan fingerprint density at radius 3 is 3.05 bits per heavy atom. The Balaban J connectivity index is 1.86. The fourth-order valence-electron chi connectivity index (χ4n) is 3.04. The van der Waals surface area contributed by atoms with Crippen LogP contribution >= 0.6 is 0 Å². The highest BCUT2D eigenvalue weighted by Crippen LogP contribution is 2.28. The molecule has 3 rings (SSSR count). The molecule has 6 nitrogen and oxygen atoms in total. The number of fused-ring (bicyclic) bond motifs is 1. The lowest BCUT2D eigenvalue weighted by Crippen LogP contribution is -2.30. The summed E-state index contributed by atoms with van der Waals surface area (Å²) < 4.78 is 0. The second-order valence-electron chi connectivity index (χ2n) is 5.64. The largest absolute Gasteiger partial charge is 0.393 e. The SMILES string of the molecule is NC(=O)c1cnc2[nH]ccc2c1NC[C@@H]1CCCC[C@H]1O. The van der Waals surface area contributed by atoms with Gasteiger partial charge in [0.25, 0.3) is 5.91 Å². The molecule has 1 fully saturated rings. The second kappa shape index (κ2) is 5.73. The molecule has 1 aliphatic rings. The van der Waals surface area contributed by atoms with Crippen LogP contribution in [0, 0.1) is 5.92 Å². The number of nitrogens with zero attached hydrogens (tertiary/aromatic N) is 1. The summed E-state index contributed by atoms with van der Waals surface area (Å²) in [5.74, 6) is -0.293. The molecular weight excluding hydrogens is 268 g/mol. The van der Waals surface area contributed by atoms with Crippen LogP contribution in [-0.2, 0) is 0 Å². The molecule has 0 saturated heterocycles. The standard InChI is InChI=1S/C15H20N4O2/c16-14(21)11-8-19-15-10(5-6-17-15)13(11)18-7-9-3-1-2-4-12(9)20/h5-6,8-9,12,20H,1-4,7H2,(H2,16,21)(H2,17,18,19)/t9-,12+/m0/s1. The van der Waals surface area contributed by atoms with E-state index in [1.54, 1.807) is 6.20 Å². The van der Waals surface area contributed by atoms with Crippen molar-refractivity contribution in [3.05, 3.63) is 24.0 Å². The van der Waals surface area contributed by atoms with Gasteiger partial charge < -0.3 is 21.1 Å². The third kappa shape index (κ3) is 2.71. The highest BCUT2D eigenvalue weighted by Gasteiger charge is 2.23. The van der Waals surface area contributed by atoms with Crippen LogP contribution < -0.4 is 11.1 Å². The van der Waals surface area contributed by atoms with Crippen LogP contribution in [0.15, 0.2) is 18.5 Å². The maximum Gasteiger partial charge on any atom is 0.252 e. The topological polar surface area (TPSA) is 104 Å². The molecule has 0 aromatic carbocycles.